The third kappa shape index (κ3) is 5.44. The van der Waals surface area contributed by atoms with Crippen molar-refractivity contribution in [2.24, 2.45) is 0 Å². The van der Waals surface area contributed by atoms with Crippen molar-refractivity contribution in [2.45, 2.75) is 19.4 Å². The molecule has 1 atom stereocenters. The van der Waals surface area contributed by atoms with Gasteiger partial charge in [-0.05, 0) is 24.1 Å². The second kappa shape index (κ2) is 8.80. The molecule has 1 aromatic rings. The quantitative estimate of drug-likeness (QED) is 0.765. The van der Waals surface area contributed by atoms with Crippen molar-refractivity contribution in [1.29, 1.82) is 0 Å². The molecule has 1 aliphatic rings. The van der Waals surface area contributed by atoms with E-state index in [0.29, 0.717) is 26.2 Å². The van der Waals surface area contributed by atoms with E-state index >= 15 is 0 Å². The van der Waals surface area contributed by atoms with Gasteiger partial charge in [-0.15, -0.1) is 0 Å². The SMILES string of the molecule is CCCS(=O)(=O)NC[C@H](c1ccc(N(C)C)cc1)N1CCOCC1. The lowest BCUT2D eigenvalue weighted by atomic mass is 10.0. The fourth-order valence-electron chi connectivity index (χ4n) is 2.89. The van der Waals surface area contributed by atoms with E-state index in [9.17, 15) is 8.42 Å². The summed E-state index contributed by atoms with van der Waals surface area (Å²) in [5.74, 6) is 0.169. The fourth-order valence-corrected chi connectivity index (χ4v) is 3.98. The maximum atomic E-state index is 12.0. The molecule has 7 heteroatoms. The Labute approximate surface area is 145 Å². The summed E-state index contributed by atoms with van der Waals surface area (Å²) in [5, 5.41) is 0. The van der Waals surface area contributed by atoms with Crippen molar-refractivity contribution in [3.05, 3.63) is 29.8 Å². The Kier molecular flexibility index (Phi) is 7.03. The first-order valence-electron chi connectivity index (χ1n) is 8.49. The lowest BCUT2D eigenvalue weighted by molar-refractivity contribution is 0.0172. The molecule has 6 nitrogen and oxygen atoms in total. The zero-order chi connectivity index (χ0) is 17.6. The van der Waals surface area contributed by atoms with Crippen molar-refractivity contribution < 1.29 is 13.2 Å². The molecule has 0 radical (unpaired) electrons. The maximum absolute atomic E-state index is 12.0. The van der Waals surface area contributed by atoms with Gasteiger partial charge in [-0.3, -0.25) is 4.90 Å². The van der Waals surface area contributed by atoms with Crippen LogP contribution >= 0.6 is 0 Å². The number of nitrogens with zero attached hydrogens (tertiary/aromatic N) is 2. The molecule has 0 saturated carbocycles. The average molecular weight is 356 g/mol. The smallest absolute Gasteiger partial charge is 0.211 e. The van der Waals surface area contributed by atoms with Gasteiger partial charge in [-0.2, -0.15) is 0 Å². The molecule has 0 unspecified atom stereocenters. The molecule has 1 N–H and O–H groups in total. The molecule has 24 heavy (non-hydrogen) atoms. The average Bonchev–Trinajstić information content (AvgIpc) is 2.56. The van der Waals surface area contributed by atoms with Crippen LogP contribution in [0.4, 0.5) is 5.69 Å². The minimum atomic E-state index is -3.21. The van der Waals surface area contributed by atoms with Crippen LogP contribution in [0.3, 0.4) is 0 Å². The van der Waals surface area contributed by atoms with E-state index in [1.807, 2.05) is 21.0 Å². The molecule has 1 heterocycles. The summed E-state index contributed by atoms with van der Waals surface area (Å²) in [7, 11) is 0.803. The number of ether oxygens (including phenoxy) is 1. The van der Waals surface area contributed by atoms with Gasteiger partial charge in [-0.1, -0.05) is 19.1 Å². The van der Waals surface area contributed by atoms with Gasteiger partial charge in [0.25, 0.3) is 0 Å². The fraction of sp³-hybridized carbons (Fsp3) is 0.647. The summed E-state index contributed by atoms with van der Waals surface area (Å²) >= 11 is 0. The maximum Gasteiger partial charge on any atom is 0.211 e. The number of benzene rings is 1. The molecule has 1 fully saturated rings. The third-order valence-corrected chi connectivity index (χ3v) is 5.80. The van der Waals surface area contributed by atoms with Gasteiger partial charge in [-0.25, -0.2) is 13.1 Å². The highest BCUT2D eigenvalue weighted by atomic mass is 32.2. The van der Waals surface area contributed by atoms with Crippen LogP contribution in [0.25, 0.3) is 0 Å². The Morgan fingerprint density at radius 3 is 2.38 bits per heavy atom. The summed E-state index contributed by atoms with van der Waals surface area (Å²) in [6, 6.07) is 8.34. The Hall–Kier alpha value is -1.15. The highest BCUT2D eigenvalue weighted by molar-refractivity contribution is 7.89. The number of hydrogen-bond acceptors (Lipinski definition) is 5. The summed E-state index contributed by atoms with van der Waals surface area (Å²) in [4.78, 5) is 4.35. The monoisotopic (exact) mass is 355 g/mol. The van der Waals surface area contributed by atoms with Gasteiger partial charge in [0.15, 0.2) is 0 Å². The number of nitrogens with one attached hydrogen (secondary N) is 1. The molecule has 2 rings (SSSR count). The van der Waals surface area contributed by atoms with Gasteiger partial charge >= 0.3 is 0 Å². The molecular weight excluding hydrogens is 326 g/mol. The summed E-state index contributed by atoms with van der Waals surface area (Å²) < 4.78 is 32.3. The summed E-state index contributed by atoms with van der Waals surface area (Å²) in [5.41, 5.74) is 2.26. The van der Waals surface area contributed by atoms with Crippen molar-refractivity contribution in [3.8, 4) is 0 Å². The molecule has 0 aromatic heterocycles. The molecule has 1 saturated heterocycles. The predicted molar refractivity (Wildman–Crippen MR) is 98.0 cm³/mol. The van der Waals surface area contributed by atoms with Gasteiger partial charge in [0.05, 0.1) is 19.0 Å². The zero-order valence-electron chi connectivity index (χ0n) is 14.9. The number of sulfonamides is 1. The molecule has 0 spiro atoms. The minimum absolute atomic E-state index is 0.0248. The highest BCUT2D eigenvalue weighted by Crippen LogP contribution is 2.24. The Morgan fingerprint density at radius 2 is 1.83 bits per heavy atom. The topological polar surface area (TPSA) is 61.9 Å². The van der Waals surface area contributed by atoms with Crippen molar-refractivity contribution in [1.82, 2.24) is 9.62 Å². The molecule has 1 aromatic carbocycles. The van der Waals surface area contributed by atoms with Crippen LogP contribution in [-0.4, -0.2) is 66.0 Å². The van der Waals surface area contributed by atoms with E-state index in [1.54, 1.807) is 0 Å². The van der Waals surface area contributed by atoms with Crippen LogP contribution < -0.4 is 9.62 Å². The largest absolute Gasteiger partial charge is 0.379 e. The predicted octanol–water partition coefficient (Wildman–Crippen LogP) is 1.46. The van der Waals surface area contributed by atoms with Crippen LogP contribution in [0.15, 0.2) is 24.3 Å². The minimum Gasteiger partial charge on any atom is -0.379 e. The first-order valence-corrected chi connectivity index (χ1v) is 10.1. The van der Waals surface area contributed by atoms with Crippen LogP contribution in [0, 0.1) is 0 Å². The zero-order valence-corrected chi connectivity index (χ0v) is 15.7. The summed E-state index contributed by atoms with van der Waals surface area (Å²) in [6.07, 6.45) is 0.620. The van der Waals surface area contributed by atoms with Crippen LogP contribution in [0.2, 0.25) is 0 Å². The van der Waals surface area contributed by atoms with Gasteiger partial charge in [0.2, 0.25) is 10.0 Å². The van der Waals surface area contributed by atoms with E-state index in [-0.39, 0.29) is 11.8 Å². The van der Waals surface area contributed by atoms with E-state index in [1.165, 1.54) is 0 Å². The number of rotatable bonds is 8. The molecule has 136 valence electrons. The standard InChI is InChI=1S/C17H29N3O3S/c1-4-13-24(21,22)18-14-17(20-9-11-23-12-10-20)15-5-7-16(8-6-15)19(2)3/h5-8,17-18H,4,9-14H2,1-3H3/t17-/m1/s1. The van der Waals surface area contributed by atoms with Gasteiger partial charge in [0, 0.05) is 45.5 Å². The van der Waals surface area contributed by atoms with E-state index < -0.39 is 10.0 Å². The van der Waals surface area contributed by atoms with Crippen LogP contribution in [0.5, 0.6) is 0 Å². The number of anilines is 1. The first-order chi connectivity index (χ1) is 11.4. The van der Waals surface area contributed by atoms with E-state index in [0.717, 1.165) is 24.3 Å². The lowest BCUT2D eigenvalue weighted by Gasteiger charge is -2.35. The summed E-state index contributed by atoms with van der Waals surface area (Å²) in [6.45, 7) is 5.27. The molecule has 0 amide bonds. The highest BCUT2D eigenvalue weighted by Gasteiger charge is 2.24. The van der Waals surface area contributed by atoms with E-state index in [4.69, 9.17) is 4.74 Å². The number of morpholine rings is 1. The van der Waals surface area contributed by atoms with E-state index in [2.05, 4.69) is 38.8 Å². The van der Waals surface area contributed by atoms with Gasteiger partial charge in [0.1, 0.15) is 0 Å². The van der Waals surface area contributed by atoms with Crippen molar-refractivity contribution in [3.63, 3.8) is 0 Å². The van der Waals surface area contributed by atoms with Gasteiger partial charge < -0.3 is 9.64 Å². The third-order valence-electron chi connectivity index (χ3n) is 4.25. The Balaban J connectivity index is 2.15. The lowest BCUT2D eigenvalue weighted by Crippen LogP contribution is -2.44. The normalized spacial score (nSPS) is 17.6. The second-order valence-electron chi connectivity index (χ2n) is 6.32. The number of hydrogen-bond donors (Lipinski definition) is 1. The van der Waals surface area contributed by atoms with Crippen LogP contribution in [0.1, 0.15) is 24.9 Å². The second-order valence-corrected chi connectivity index (χ2v) is 8.24. The molecule has 0 bridgehead atoms. The Morgan fingerprint density at radius 1 is 1.21 bits per heavy atom. The van der Waals surface area contributed by atoms with Crippen molar-refractivity contribution in [2.75, 3.05) is 57.6 Å². The Bertz CT molecular complexity index is 596. The molecule has 0 aliphatic carbocycles. The molecule has 1 aliphatic heterocycles. The van der Waals surface area contributed by atoms with Crippen LogP contribution in [-0.2, 0) is 14.8 Å². The van der Waals surface area contributed by atoms with Crippen molar-refractivity contribution >= 4 is 15.7 Å². The molecular formula is C17H29N3O3S. The first kappa shape index (κ1) is 19.2.